The summed E-state index contributed by atoms with van der Waals surface area (Å²) >= 11 is 0. The third-order valence-electron chi connectivity index (χ3n) is 2.78. The predicted octanol–water partition coefficient (Wildman–Crippen LogP) is 0.0526. The molecule has 3 unspecified atom stereocenters. The van der Waals surface area contributed by atoms with E-state index in [1.165, 1.54) is 0 Å². The summed E-state index contributed by atoms with van der Waals surface area (Å²) in [6.07, 6.45) is 1.77. The number of rotatable bonds is 3. The Bertz CT molecular complexity index is 280. The van der Waals surface area contributed by atoms with Crippen LogP contribution in [0.2, 0.25) is 0 Å². The molecule has 0 aliphatic carbocycles. The topological polar surface area (TPSA) is 96.9 Å². The maximum Gasteiger partial charge on any atom is 0.230 e. The molecule has 3 atom stereocenters. The van der Waals surface area contributed by atoms with Crippen LogP contribution in [0, 0.1) is 5.92 Å². The third kappa shape index (κ3) is 3.37. The van der Waals surface area contributed by atoms with Gasteiger partial charge in [0.1, 0.15) is 0 Å². The summed E-state index contributed by atoms with van der Waals surface area (Å²) in [5.74, 6) is -0.893. The van der Waals surface area contributed by atoms with Crippen molar-refractivity contribution in [3.05, 3.63) is 0 Å². The first-order chi connectivity index (χ1) is 7.54. The van der Waals surface area contributed by atoms with Crippen LogP contribution in [0.3, 0.4) is 0 Å². The minimum absolute atomic E-state index is 0.0717. The van der Waals surface area contributed by atoms with E-state index in [9.17, 15) is 4.79 Å². The van der Waals surface area contributed by atoms with Gasteiger partial charge in [-0.15, -0.1) is 0 Å². The number of nitrogens with zero attached hydrogens (tertiary/aromatic N) is 1. The molecule has 0 aromatic carbocycles. The SMILES string of the molecule is CC1CC(NC(=O)C(C)C(N)=NO)CCO1. The molecule has 4 N–H and O–H groups in total. The molecule has 1 fully saturated rings. The number of amides is 1. The number of nitrogens with one attached hydrogen (secondary N) is 1. The number of hydrogen-bond acceptors (Lipinski definition) is 4. The molecule has 0 aromatic heterocycles. The molecule has 92 valence electrons. The van der Waals surface area contributed by atoms with Gasteiger partial charge < -0.3 is 21.0 Å². The zero-order chi connectivity index (χ0) is 12.1. The Kier molecular flexibility index (Phi) is 4.54. The molecule has 6 nitrogen and oxygen atoms in total. The van der Waals surface area contributed by atoms with Gasteiger partial charge in [0.15, 0.2) is 5.84 Å². The average molecular weight is 229 g/mol. The molecule has 16 heavy (non-hydrogen) atoms. The van der Waals surface area contributed by atoms with E-state index in [2.05, 4.69) is 10.5 Å². The maximum absolute atomic E-state index is 11.7. The van der Waals surface area contributed by atoms with E-state index in [1.54, 1.807) is 6.92 Å². The van der Waals surface area contributed by atoms with Crippen LogP contribution in [0.25, 0.3) is 0 Å². The monoisotopic (exact) mass is 229 g/mol. The van der Waals surface area contributed by atoms with Crippen LogP contribution in [0.1, 0.15) is 26.7 Å². The summed E-state index contributed by atoms with van der Waals surface area (Å²) in [7, 11) is 0. The standard InChI is InChI=1S/C10H19N3O3/c1-6-5-8(3-4-16-6)12-10(14)7(2)9(11)13-15/h6-8,15H,3-5H2,1-2H3,(H2,11,13)(H,12,14). The van der Waals surface area contributed by atoms with Crippen molar-refractivity contribution < 1.29 is 14.7 Å². The van der Waals surface area contributed by atoms with Crippen molar-refractivity contribution in [1.82, 2.24) is 5.32 Å². The summed E-state index contributed by atoms with van der Waals surface area (Å²) < 4.78 is 5.38. The van der Waals surface area contributed by atoms with Gasteiger partial charge in [0.2, 0.25) is 5.91 Å². The Morgan fingerprint density at radius 3 is 2.94 bits per heavy atom. The Morgan fingerprint density at radius 1 is 1.69 bits per heavy atom. The normalized spacial score (nSPS) is 28.5. The van der Waals surface area contributed by atoms with Crippen LogP contribution in [0.4, 0.5) is 0 Å². The fraction of sp³-hybridized carbons (Fsp3) is 0.800. The second-order valence-electron chi connectivity index (χ2n) is 4.16. The molecule has 1 aliphatic rings. The lowest BCUT2D eigenvalue weighted by Crippen LogP contribution is -2.45. The van der Waals surface area contributed by atoms with E-state index in [1.807, 2.05) is 6.92 Å². The fourth-order valence-corrected chi connectivity index (χ4v) is 1.68. The van der Waals surface area contributed by atoms with E-state index in [0.717, 1.165) is 12.8 Å². The van der Waals surface area contributed by atoms with E-state index < -0.39 is 5.92 Å². The fourth-order valence-electron chi connectivity index (χ4n) is 1.68. The minimum atomic E-state index is -0.608. The first kappa shape index (κ1) is 12.8. The van der Waals surface area contributed by atoms with Gasteiger partial charge in [-0.3, -0.25) is 4.79 Å². The van der Waals surface area contributed by atoms with Crippen molar-refractivity contribution in [1.29, 1.82) is 0 Å². The van der Waals surface area contributed by atoms with E-state index >= 15 is 0 Å². The first-order valence-electron chi connectivity index (χ1n) is 5.44. The average Bonchev–Trinajstić information content (AvgIpc) is 2.27. The highest BCUT2D eigenvalue weighted by molar-refractivity contribution is 6.01. The highest BCUT2D eigenvalue weighted by Crippen LogP contribution is 2.13. The third-order valence-corrected chi connectivity index (χ3v) is 2.78. The van der Waals surface area contributed by atoms with Gasteiger partial charge in [0.05, 0.1) is 12.0 Å². The van der Waals surface area contributed by atoms with Crippen LogP contribution >= 0.6 is 0 Å². The van der Waals surface area contributed by atoms with Crippen LogP contribution in [0.5, 0.6) is 0 Å². The molecule has 1 heterocycles. The number of nitrogens with two attached hydrogens (primary N) is 1. The number of oxime groups is 1. The van der Waals surface area contributed by atoms with Crippen molar-refractivity contribution in [3.8, 4) is 0 Å². The quantitative estimate of drug-likeness (QED) is 0.276. The molecule has 0 spiro atoms. The number of amidine groups is 1. The lowest BCUT2D eigenvalue weighted by molar-refractivity contribution is -0.124. The number of carbonyl (C=O) groups excluding carboxylic acids is 1. The molecular weight excluding hydrogens is 210 g/mol. The molecule has 0 saturated carbocycles. The molecule has 0 radical (unpaired) electrons. The Labute approximate surface area is 94.8 Å². The molecule has 1 aliphatic heterocycles. The van der Waals surface area contributed by atoms with Crippen molar-refractivity contribution >= 4 is 11.7 Å². The molecule has 1 amide bonds. The van der Waals surface area contributed by atoms with Gasteiger partial charge in [-0.2, -0.15) is 0 Å². The van der Waals surface area contributed by atoms with Gasteiger partial charge in [0, 0.05) is 12.6 Å². The van der Waals surface area contributed by atoms with Crippen molar-refractivity contribution in [2.75, 3.05) is 6.61 Å². The van der Waals surface area contributed by atoms with E-state index in [0.29, 0.717) is 6.61 Å². The molecule has 0 aromatic rings. The van der Waals surface area contributed by atoms with Crippen molar-refractivity contribution in [2.45, 2.75) is 38.8 Å². The summed E-state index contributed by atoms with van der Waals surface area (Å²) in [6, 6.07) is 0.116. The number of hydrogen-bond donors (Lipinski definition) is 3. The number of carbonyl (C=O) groups is 1. The predicted molar refractivity (Wildman–Crippen MR) is 59.2 cm³/mol. The highest BCUT2D eigenvalue weighted by Gasteiger charge is 2.24. The molecule has 6 heteroatoms. The Hall–Kier alpha value is -1.30. The van der Waals surface area contributed by atoms with Crippen LogP contribution in [0.15, 0.2) is 5.16 Å². The van der Waals surface area contributed by atoms with Crippen LogP contribution in [-0.4, -0.2) is 35.7 Å². The largest absolute Gasteiger partial charge is 0.409 e. The van der Waals surface area contributed by atoms with E-state index in [4.69, 9.17) is 15.7 Å². The highest BCUT2D eigenvalue weighted by atomic mass is 16.5. The molecule has 1 rings (SSSR count). The summed E-state index contributed by atoms with van der Waals surface area (Å²) in [6.45, 7) is 4.24. The lowest BCUT2D eigenvalue weighted by atomic mass is 10.0. The van der Waals surface area contributed by atoms with Gasteiger partial charge in [0.25, 0.3) is 0 Å². The van der Waals surface area contributed by atoms with Crippen molar-refractivity contribution in [2.24, 2.45) is 16.8 Å². The first-order valence-corrected chi connectivity index (χ1v) is 5.44. The van der Waals surface area contributed by atoms with Gasteiger partial charge >= 0.3 is 0 Å². The second kappa shape index (κ2) is 5.69. The Morgan fingerprint density at radius 2 is 2.38 bits per heavy atom. The smallest absolute Gasteiger partial charge is 0.230 e. The molecule has 0 bridgehead atoms. The molecule has 1 saturated heterocycles. The van der Waals surface area contributed by atoms with E-state index in [-0.39, 0.29) is 23.9 Å². The second-order valence-corrected chi connectivity index (χ2v) is 4.16. The van der Waals surface area contributed by atoms with Crippen molar-refractivity contribution in [3.63, 3.8) is 0 Å². The van der Waals surface area contributed by atoms with Crippen LogP contribution < -0.4 is 11.1 Å². The summed E-state index contributed by atoms with van der Waals surface area (Å²) in [4.78, 5) is 11.7. The lowest BCUT2D eigenvalue weighted by Gasteiger charge is -2.28. The maximum atomic E-state index is 11.7. The zero-order valence-electron chi connectivity index (χ0n) is 9.64. The van der Waals surface area contributed by atoms with Crippen LogP contribution in [-0.2, 0) is 9.53 Å². The minimum Gasteiger partial charge on any atom is -0.409 e. The van der Waals surface area contributed by atoms with Gasteiger partial charge in [-0.1, -0.05) is 5.16 Å². The summed E-state index contributed by atoms with van der Waals surface area (Å²) in [5.41, 5.74) is 5.36. The van der Waals surface area contributed by atoms with Gasteiger partial charge in [-0.05, 0) is 26.7 Å². The zero-order valence-corrected chi connectivity index (χ0v) is 9.64. The number of ether oxygens (including phenoxy) is 1. The summed E-state index contributed by atoms with van der Waals surface area (Å²) in [5, 5.41) is 14.2. The molecular formula is C10H19N3O3. The Balaban J connectivity index is 2.44. The van der Waals surface area contributed by atoms with Gasteiger partial charge in [-0.25, -0.2) is 0 Å².